The van der Waals surface area contributed by atoms with Crippen molar-refractivity contribution in [1.82, 2.24) is 9.38 Å². The van der Waals surface area contributed by atoms with Crippen LogP contribution in [0.2, 0.25) is 0 Å². The lowest BCUT2D eigenvalue weighted by Crippen LogP contribution is -2.45. The maximum Gasteiger partial charge on any atom is 0.412 e. The van der Waals surface area contributed by atoms with Gasteiger partial charge in [-0.2, -0.15) is 0 Å². The first-order valence-corrected chi connectivity index (χ1v) is 10.7. The molecular weight excluding hydrogens is 416 g/mol. The van der Waals surface area contributed by atoms with Gasteiger partial charge in [0.1, 0.15) is 0 Å². The number of aromatic nitrogens is 2. The summed E-state index contributed by atoms with van der Waals surface area (Å²) in [6.45, 7) is 8.44. The molecule has 164 valence electrons. The third kappa shape index (κ3) is 5.50. The molecular formula is C22H26N4O4S. The average Bonchev–Trinajstić information content (AvgIpc) is 3.23. The van der Waals surface area contributed by atoms with Crippen LogP contribution in [0.25, 0.3) is 11.0 Å². The summed E-state index contributed by atoms with van der Waals surface area (Å²) in [6, 6.07) is 6.85. The lowest BCUT2D eigenvalue weighted by molar-refractivity contribution is -0.111. The van der Waals surface area contributed by atoms with E-state index in [1.807, 2.05) is 23.7 Å². The van der Waals surface area contributed by atoms with E-state index in [2.05, 4.69) is 10.3 Å². The Balaban J connectivity index is 1.74. The molecule has 0 atom stereocenters. The molecule has 0 fully saturated rings. The van der Waals surface area contributed by atoms with E-state index in [1.54, 1.807) is 51.1 Å². The maximum atomic E-state index is 12.5. The number of fused-ring (bicyclic) bond motifs is 1. The number of nitrogens with zero attached hydrogens (tertiary/aromatic N) is 3. The molecule has 0 radical (unpaired) electrons. The summed E-state index contributed by atoms with van der Waals surface area (Å²) >= 11 is 1.46. The molecule has 1 aromatic carbocycles. The number of thiazole rings is 1. The quantitative estimate of drug-likeness (QED) is 0.509. The standard InChI is InChI=1S/C22H26N4O4S/c1-5-30-14-15-12-25-13-16(31-20(25)23-15)10-11-19(27)24-17-8-6-7-9-18(17)26(21(28)29)22(2,3)4/h6-13H,5,14H2,1-4H3,(H,24,27)(H,28,29)/b11-10+. The largest absolute Gasteiger partial charge is 0.465 e. The van der Waals surface area contributed by atoms with Gasteiger partial charge in [0.2, 0.25) is 5.91 Å². The highest BCUT2D eigenvalue weighted by atomic mass is 32.1. The van der Waals surface area contributed by atoms with E-state index in [9.17, 15) is 14.7 Å². The van der Waals surface area contributed by atoms with Gasteiger partial charge in [0, 0.05) is 35.5 Å². The molecule has 0 unspecified atom stereocenters. The van der Waals surface area contributed by atoms with Crippen LogP contribution in [0.1, 0.15) is 38.3 Å². The first-order valence-electron chi connectivity index (χ1n) is 9.85. The summed E-state index contributed by atoms with van der Waals surface area (Å²) in [5.74, 6) is -0.352. The Hall–Kier alpha value is -3.17. The number of nitrogens with one attached hydrogen (secondary N) is 1. The molecule has 2 heterocycles. The molecule has 8 nitrogen and oxygen atoms in total. The fraction of sp³-hybridized carbons (Fsp3) is 0.318. The zero-order valence-corrected chi connectivity index (χ0v) is 18.8. The Bertz CT molecular complexity index is 1080. The number of hydrogen-bond donors (Lipinski definition) is 2. The average molecular weight is 443 g/mol. The molecule has 0 bridgehead atoms. The number of carbonyl (C=O) groups excluding carboxylic acids is 1. The molecule has 9 heteroatoms. The van der Waals surface area contributed by atoms with Crippen molar-refractivity contribution in [2.45, 2.75) is 39.8 Å². The molecule has 2 N–H and O–H groups in total. The molecule has 0 aliphatic heterocycles. The summed E-state index contributed by atoms with van der Waals surface area (Å²) in [6.07, 6.45) is 5.84. The molecule has 0 aliphatic carbocycles. The van der Waals surface area contributed by atoms with Crippen LogP contribution in [0.15, 0.2) is 42.7 Å². The first kappa shape index (κ1) is 22.5. The second kappa shape index (κ2) is 9.32. The fourth-order valence-corrected chi connectivity index (χ4v) is 3.96. The summed E-state index contributed by atoms with van der Waals surface area (Å²) in [4.78, 5) is 31.8. The number of para-hydroxylation sites is 2. The van der Waals surface area contributed by atoms with Crippen molar-refractivity contribution in [3.63, 3.8) is 0 Å². The van der Waals surface area contributed by atoms with E-state index in [1.165, 1.54) is 22.3 Å². The van der Waals surface area contributed by atoms with Crippen LogP contribution in [-0.2, 0) is 16.1 Å². The predicted molar refractivity (Wildman–Crippen MR) is 123 cm³/mol. The van der Waals surface area contributed by atoms with Crippen molar-refractivity contribution >= 4 is 45.7 Å². The molecule has 3 rings (SSSR count). The number of imidazole rings is 1. The van der Waals surface area contributed by atoms with Crippen molar-refractivity contribution in [3.8, 4) is 0 Å². The third-order valence-electron chi connectivity index (χ3n) is 4.34. The molecule has 0 aliphatic rings. The number of amides is 2. The van der Waals surface area contributed by atoms with Gasteiger partial charge in [-0.1, -0.05) is 23.5 Å². The van der Waals surface area contributed by atoms with Crippen molar-refractivity contribution in [3.05, 3.63) is 53.3 Å². The van der Waals surface area contributed by atoms with Gasteiger partial charge in [-0.25, -0.2) is 9.78 Å². The fourth-order valence-electron chi connectivity index (χ4n) is 3.07. The van der Waals surface area contributed by atoms with Crippen LogP contribution in [0.4, 0.5) is 16.2 Å². The lowest BCUT2D eigenvalue weighted by Gasteiger charge is -2.34. The third-order valence-corrected chi connectivity index (χ3v) is 5.30. The van der Waals surface area contributed by atoms with Gasteiger partial charge >= 0.3 is 6.09 Å². The Morgan fingerprint density at radius 2 is 2.03 bits per heavy atom. The topological polar surface area (TPSA) is 96.2 Å². The maximum absolute atomic E-state index is 12.5. The minimum atomic E-state index is -1.09. The van der Waals surface area contributed by atoms with Gasteiger partial charge in [0.05, 0.1) is 23.7 Å². The first-order chi connectivity index (χ1) is 14.7. The number of rotatable bonds is 7. The number of benzene rings is 1. The van der Waals surface area contributed by atoms with E-state index in [4.69, 9.17) is 4.74 Å². The van der Waals surface area contributed by atoms with Crippen molar-refractivity contribution in [1.29, 1.82) is 0 Å². The molecule has 31 heavy (non-hydrogen) atoms. The second-order valence-electron chi connectivity index (χ2n) is 7.82. The van der Waals surface area contributed by atoms with Crippen LogP contribution in [0.3, 0.4) is 0 Å². The molecule has 0 saturated carbocycles. The van der Waals surface area contributed by atoms with Gasteiger partial charge < -0.3 is 15.2 Å². The van der Waals surface area contributed by atoms with Gasteiger partial charge in [-0.05, 0) is 45.9 Å². The number of ether oxygens (including phenoxy) is 1. The highest BCUT2D eigenvalue weighted by molar-refractivity contribution is 7.17. The number of anilines is 2. The Morgan fingerprint density at radius 1 is 1.29 bits per heavy atom. The lowest BCUT2D eigenvalue weighted by atomic mass is 10.0. The van der Waals surface area contributed by atoms with Crippen molar-refractivity contribution < 1.29 is 19.4 Å². The molecule has 0 spiro atoms. The molecule has 3 aromatic rings. The Kier molecular flexibility index (Phi) is 6.77. The molecule has 2 amide bonds. The van der Waals surface area contributed by atoms with Gasteiger partial charge in [0.15, 0.2) is 4.96 Å². The smallest absolute Gasteiger partial charge is 0.412 e. The Morgan fingerprint density at radius 3 is 2.68 bits per heavy atom. The van der Waals surface area contributed by atoms with Crippen LogP contribution in [-0.4, -0.2) is 38.6 Å². The van der Waals surface area contributed by atoms with Crippen LogP contribution >= 0.6 is 11.3 Å². The van der Waals surface area contributed by atoms with E-state index in [0.29, 0.717) is 24.6 Å². The van der Waals surface area contributed by atoms with Crippen LogP contribution < -0.4 is 10.2 Å². The highest BCUT2D eigenvalue weighted by Gasteiger charge is 2.29. The van der Waals surface area contributed by atoms with Crippen LogP contribution in [0.5, 0.6) is 0 Å². The van der Waals surface area contributed by atoms with Gasteiger partial charge in [-0.15, -0.1) is 0 Å². The minimum absolute atomic E-state index is 0.352. The summed E-state index contributed by atoms with van der Waals surface area (Å²) in [5, 5.41) is 12.5. The molecule has 2 aromatic heterocycles. The normalized spacial score (nSPS) is 11.9. The molecule has 0 saturated heterocycles. The summed E-state index contributed by atoms with van der Waals surface area (Å²) in [7, 11) is 0. The summed E-state index contributed by atoms with van der Waals surface area (Å²) < 4.78 is 7.27. The van der Waals surface area contributed by atoms with E-state index >= 15 is 0 Å². The predicted octanol–water partition coefficient (Wildman–Crippen LogP) is 4.87. The second-order valence-corrected chi connectivity index (χ2v) is 8.86. The van der Waals surface area contributed by atoms with E-state index < -0.39 is 11.6 Å². The number of hydrogen-bond acceptors (Lipinski definition) is 5. The number of carbonyl (C=O) groups is 2. The zero-order chi connectivity index (χ0) is 22.6. The van der Waals surface area contributed by atoms with E-state index in [-0.39, 0.29) is 5.91 Å². The van der Waals surface area contributed by atoms with Gasteiger partial charge in [-0.3, -0.25) is 14.1 Å². The number of carboxylic acid groups (broad SMARTS) is 1. The monoisotopic (exact) mass is 442 g/mol. The highest BCUT2D eigenvalue weighted by Crippen LogP contribution is 2.31. The minimum Gasteiger partial charge on any atom is -0.465 e. The SMILES string of the molecule is CCOCc1cn2cc(/C=C/C(=O)Nc3ccccc3N(C(=O)O)C(C)(C)C)sc2n1. The zero-order valence-electron chi connectivity index (χ0n) is 18.0. The van der Waals surface area contributed by atoms with Crippen molar-refractivity contribution in [2.24, 2.45) is 0 Å². The van der Waals surface area contributed by atoms with Gasteiger partial charge in [0.25, 0.3) is 0 Å². The van der Waals surface area contributed by atoms with Crippen molar-refractivity contribution in [2.75, 3.05) is 16.8 Å². The summed E-state index contributed by atoms with van der Waals surface area (Å²) in [5.41, 5.74) is 1.03. The van der Waals surface area contributed by atoms with Crippen LogP contribution in [0, 0.1) is 0 Å². The van der Waals surface area contributed by atoms with E-state index in [0.717, 1.165) is 15.5 Å². The Labute approximate surface area is 184 Å².